The molecule has 24 heavy (non-hydrogen) atoms. The molecule has 6 heteroatoms. The molecule has 0 radical (unpaired) electrons. The molecule has 0 aromatic heterocycles. The van der Waals surface area contributed by atoms with Gasteiger partial charge < -0.3 is 20.1 Å². The van der Waals surface area contributed by atoms with Crippen LogP contribution in [0.1, 0.15) is 31.2 Å². The number of rotatable bonds is 11. The van der Waals surface area contributed by atoms with E-state index in [0.29, 0.717) is 19.1 Å². The molecular formula is C18H32IN3O2. The normalized spacial score (nSPS) is 12.4. The Bertz CT molecular complexity index is 430. The first-order valence-corrected chi connectivity index (χ1v) is 8.34. The zero-order chi connectivity index (χ0) is 16.8. The molecule has 138 valence electrons. The monoisotopic (exact) mass is 449 g/mol. The standard InChI is InChI=1S/C18H31N3O2.HI/c1-16(17-8-5-4-6-9-17)10-12-21-18(19-2)20-11-7-13-23-15-14-22-3;/h4-6,8-9,16H,7,10-15H2,1-3H3,(H2,19,20,21);1H. The molecule has 0 fully saturated rings. The van der Waals surface area contributed by atoms with Crippen molar-refractivity contribution in [3.8, 4) is 0 Å². The lowest BCUT2D eigenvalue weighted by Crippen LogP contribution is -2.38. The molecule has 0 amide bonds. The number of aliphatic imine (C=N–C) groups is 1. The zero-order valence-electron chi connectivity index (χ0n) is 15.1. The number of guanidine groups is 1. The van der Waals surface area contributed by atoms with Gasteiger partial charge in [0.25, 0.3) is 0 Å². The van der Waals surface area contributed by atoms with Crippen molar-refractivity contribution in [1.29, 1.82) is 0 Å². The van der Waals surface area contributed by atoms with Crippen molar-refractivity contribution in [3.63, 3.8) is 0 Å². The van der Waals surface area contributed by atoms with E-state index in [1.807, 2.05) is 0 Å². The highest BCUT2D eigenvalue weighted by molar-refractivity contribution is 14.0. The van der Waals surface area contributed by atoms with Crippen molar-refractivity contribution in [3.05, 3.63) is 35.9 Å². The molecule has 0 saturated heterocycles. The van der Waals surface area contributed by atoms with Gasteiger partial charge in [-0.25, -0.2) is 0 Å². The second-order valence-electron chi connectivity index (χ2n) is 5.48. The van der Waals surface area contributed by atoms with Gasteiger partial charge in [-0.2, -0.15) is 0 Å². The Morgan fingerprint density at radius 3 is 2.46 bits per heavy atom. The van der Waals surface area contributed by atoms with E-state index in [2.05, 4.69) is 52.9 Å². The number of methoxy groups -OCH3 is 1. The molecule has 2 N–H and O–H groups in total. The van der Waals surface area contributed by atoms with Crippen molar-refractivity contribution in [2.75, 3.05) is 47.1 Å². The minimum Gasteiger partial charge on any atom is -0.382 e. The van der Waals surface area contributed by atoms with Crippen LogP contribution in [0.25, 0.3) is 0 Å². The number of nitrogens with one attached hydrogen (secondary N) is 2. The van der Waals surface area contributed by atoms with Crippen LogP contribution in [0.2, 0.25) is 0 Å². The molecule has 0 spiro atoms. The van der Waals surface area contributed by atoms with E-state index in [1.54, 1.807) is 14.2 Å². The summed E-state index contributed by atoms with van der Waals surface area (Å²) in [7, 11) is 3.48. The molecule has 0 saturated carbocycles. The zero-order valence-corrected chi connectivity index (χ0v) is 17.4. The first-order valence-electron chi connectivity index (χ1n) is 8.34. The summed E-state index contributed by atoms with van der Waals surface area (Å²) >= 11 is 0. The highest BCUT2D eigenvalue weighted by Crippen LogP contribution is 2.17. The fourth-order valence-electron chi connectivity index (χ4n) is 2.20. The smallest absolute Gasteiger partial charge is 0.190 e. The van der Waals surface area contributed by atoms with Crippen LogP contribution in [-0.4, -0.2) is 53.0 Å². The molecule has 0 aliphatic carbocycles. The number of hydrogen-bond acceptors (Lipinski definition) is 3. The molecule has 1 rings (SSSR count). The van der Waals surface area contributed by atoms with E-state index >= 15 is 0 Å². The summed E-state index contributed by atoms with van der Waals surface area (Å²) in [4.78, 5) is 4.24. The van der Waals surface area contributed by atoms with E-state index in [-0.39, 0.29) is 24.0 Å². The maximum Gasteiger partial charge on any atom is 0.190 e. The molecule has 0 heterocycles. The van der Waals surface area contributed by atoms with Crippen LogP contribution in [0.3, 0.4) is 0 Å². The molecule has 1 atom stereocenters. The number of nitrogens with zero attached hydrogens (tertiary/aromatic N) is 1. The minimum absolute atomic E-state index is 0. The van der Waals surface area contributed by atoms with Crippen molar-refractivity contribution >= 4 is 29.9 Å². The highest BCUT2D eigenvalue weighted by atomic mass is 127. The van der Waals surface area contributed by atoms with Gasteiger partial charge in [-0.05, 0) is 24.3 Å². The lowest BCUT2D eigenvalue weighted by Gasteiger charge is -2.15. The topological polar surface area (TPSA) is 54.9 Å². The Morgan fingerprint density at radius 2 is 1.79 bits per heavy atom. The summed E-state index contributed by atoms with van der Waals surface area (Å²) in [5.74, 6) is 1.39. The predicted octanol–water partition coefficient (Wildman–Crippen LogP) is 3.02. The van der Waals surface area contributed by atoms with Crippen LogP contribution in [0, 0.1) is 0 Å². The van der Waals surface area contributed by atoms with Gasteiger partial charge in [-0.3, -0.25) is 4.99 Å². The maximum absolute atomic E-state index is 5.43. The van der Waals surface area contributed by atoms with Gasteiger partial charge in [0.2, 0.25) is 0 Å². The number of ether oxygens (including phenoxy) is 2. The van der Waals surface area contributed by atoms with Gasteiger partial charge >= 0.3 is 0 Å². The molecule has 1 unspecified atom stereocenters. The first-order chi connectivity index (χ1) is 11.3. The van der Waals surface area contributed by atoms with Gasteiger partial charge in [-0.1, -0.05) is 37.3 Å². The fourth-order valence-corrected chi connectivity index (χ4v) is 2.20. The number of halogens is 1. The third-order valence-corrected chi connectivity index (χ3v) is 3.65. The first kappa shape index (κ1) is 23.1. The van der Waals surface area contributed by atoms with Gasteiger partial charge in [0.15, 0.2) is 5.96 Å². The van der Waals surface area contributed by atoms with E-state index in [9.17, 15) is 0 Å². The second-order valence-corrected chi connectivity index (χ2v) is 5.48. The Balaban J connectivity index is 0.00000529. The lowest BCUT2D eigenvalue weighted by molar-refractivity contribution is 0.0698. The second kappa shape index (κ2) is 15.7. The average molecular weight is 449 g/mol. The van der Waals surface area contributed by atoms with E-state index in [0.717, 1.165) is 38.5 Å². The van der Waals surface area contributed by atoms with E-state index in [4.69, 9.17) is 9.47 Å². The molecule has 0 aliphatic rings. The third-order valence-electron chi connectivity index (χ3n) is 3.65. The summed E-state index contributed by atoms with van der Waals surface area (Å²) in [6.45, 7) is 6.04. The predicted molar refractivity (Wildman–Crippen MR) is 112 cm³/mol. The Labute approximate surface area is 163 Å². The number of hydrogen-bond donors (Lipinski definition) is 2. The van der Waals surface area contributed by atoms with Crippen molar-refractivity contribution < 1.29 is 9.47 Å². The molecule has 0 bridgehead atoms. The quantitative estimate of drug-likeness (QED) is 0.236. The Morgan fingerprint density at radius 1 is 1.08 bits per heavy atom. The summed E-state index contributed by atoms with van der Waals surface area (Å²) in [6.07, 6.45) is 2.02. The molecule has 5 nitrogen and oxygen atoms in total. The molecule has 1 aromatic carbocycles. The summed E-state index contributed by atoms with van der Waals surface area (Å²) in [5.41, 5.74) is 1.38. The van der Waals surface area contributed by atoms with Gasteiger partial charge in [0.1, 0.15) is 0 Å². The van der Waals surface area contributed by atoms with Crippen LogP contribution < -0.4 is 10.6 Å². The largest absolute Gasteiger partial charge is 0.382 e. The molecule has 1 aromatic rings. The summed E-state index contributed by atoms with van der Waals surface area (Å²) in [6, 6.07) is 10.6. The Hall–Kier alpha value is -0.860. The van der Waals surface area contributed by atoms with Crippen molar-refractivity contribution in [2.45, 2.75) is 25.7 Å². The Kier molecular flexibility index (Phi) is 15.1. The van der Waals surface area contributed by atoms with Crippen LogP contribution in [0.4, 0.5) is 0 Å². The summed E-state index contributed by atoms with van der Waals surface area (Å²) in [5, 5.41) is 6.66. The minimum atomic E-state index is 0. The molecular weight excluding hydrogens is 417 g/mol. The van der Waals surface area contributed by atoms with Gasteiger partial charge in [0, 0.05) is 33.9 Å². The van der Waals surface area contributed by atoms with Crippen LogP contribution in [-0.2, 0) is 9.47 Å². The average Bonchev–Trinajstić information content (AvgIpc) is 2.60. The maximum atomic E-state index is 5.43. The fraction of sp³-hybridized carbons (Fsp3) is 0.611. The highest BCUT2D eigenvalue weighted by Gasteiger charge is 2.05. The number of benzene rings is 1. The van der Waals surface area contributed by atoms with E-state index in [1.165, 1.54) is 5.56 Å². The van der Waals surface area contributed by atoms with Crippen molar-refractivity contribution in [1.82, 2.24) is 10.6 Å². The van der Waals surface area contributed by atoms with Crippen LogP contribution in [0.5, 0.6) is 0 Å². The van der Waals surface area contributed by atoms with Crippen LogP contribution >= 0.6 is 24.0 Å². The van der Waals surface area contributed by atoms with Crippen molar-refractivity contribution in [2.24, 2.45) is 4.99 Å². The SMILES string of the molecule is CN=C(NCCCOCCOC)NCCC(C)c1ccccc1.I. The van der Waals surface area contributed by atoms with Crippen LogP contribution in [0.15, 0.2) is 35.3 Å². The van der Waals surface area contributed by atoms with Gasteiger partial charge in [-0.15, -0.1) is 24.0 Å². The van der Waals surface area contributed by atoms with Gasteiger partial charge in [0.05, 0.1) is 13.2 Å². The summed E-state index contributed by atoms with van der Waals surface area (Å²) < 4.78 is 10.4. The molecule has 0 aliphatic heterocycles. The third kappa shape index (κ3) is 10.8. The lowest BCUT2D eigenvalue weighted by atomic mass is 9.98. The van der Waals surface area contributed by atoms with E-state index < -0.39 is 0 Å².